The SMILES string of the molecule is COc1cccnc1-c1nc[nH]c(=O)c1OC. The van der Waals surface area contributed by atoms with Crippen LogP contribution in [0.5, 0.6) is 11.5 Å². The van der Waals surface area contributed by atoms with Crippen molar-refractivity contribution in [2.24, 2.45) is 0 Å². The normalized spacial score (nSPS) is 10.0. The van der Waals surface area contributed by atoms with Gasteiger partial charge >= 0.3 is 0 Å². The number of aromatic amines is 1. The van der Waals surface area contributed by atoms with Gasteiger partial charge < -0.3 is 14.5 Å². The first-order valence-corrected chi connectivity index (χ1v) is 4.89. The Balaban J connectivity index is 2.68. The van der Waals surface area contributed by atoms with Gasteiger partial charge in [0.1, 0.15) is 17.1 Å². The highest BCUT2D eigenvalue weighted by atomic mass is 16.5. The number of nitrogens with zero attached hydrogens (tertiary/aromatic N) is 2. The lowest BCUT2D eigenvalue weighted by Crippen LogP contribution is -2.11. The van der Waals surface area contributed by atoms with E-state index in [-0.39, 0.29) is 11.3 Å². The Bertz CT molecular complexity index is 580. The Labute approximate surface area is 97.3 Å². The molecule has 0 saturated carbocycles. The van der Waals surface area contributed by atoms with Gasteiger partial charge in [0.15, 0.2) is 0 Å². The van der Waals surface area contributed by atoms with Crippen molar-refractivity contribution in [2.75, 3.05) is 14.2 Å². The highest BCUT2D eigenvalue weighted by Gasteiger charge is 2.16. The summed E-state index contributed by atoms with van der Waals surface area (Å²) < 4.78 is 10.2. The van der Waals surface area contributed by atoms with E-state index in [4.69, 9.17) is 9.47 Å². The third-order valence-electron chi connectivity index (χ3n) is 2.23. The average Bonchev–Trinajstić information content (AvgIpc) is 2.38. The lowest BCUT2D eigenvalue weighted by molar-refractivity contribution is 0.403. The van der Waals surface area contributed by atoms with Crippen LogP contribution >= 0.6 is 0 Å². The number of rotatable bonds is 3. The number of methoxy groups -OCH3 is 2. The zero-order chi connectivity index (χ0) is 12.3. The Morgan fingerprint density at radius 3 is 2.71 bits per heavy atom. The van der Waals surface area contributed by atoms with Gasteiger partial charge in [-0.05, 0) is 12.1 Å². The van der Waals surface area contributed by atoms with Crippen molar-refractivity contribution in [3.05, 3.63) is 35.0 Å². The van der Waals surface area contributed by atoms with Crippen LogP contribution in [0.4, 0.5) is 0 Å². The van der Waals surface area contributed by atoms with Crippen LogP contribution in [-0.2, 0) is 0 Å². The van der Waals surface area contributed by atoms with Crippen molar-refractivity contribution >= 4 is 0 Å². The van der Waals surface area contributed by atoms with Crippen LogP contribution < -0.4 is 15.0 Å². The minimum Gasteiger partial charge on any atom is -0.494 e. The molecule has 0 radical (unpaired) electrons. The second kappa shape index (κ2) is 4.65. The first-order valence-electron chi connectivity index (χ1n) is 4.89. The Morgan fingerprint density at radius 1 is 1.18 bits per heavy atom. The number of H-pyrrole nitrogens is 1. The quantitative estimate of drug-likeness (QED) is 0.850. The molecule has 0 amide bonds. The Morgan fingerprint density at radius 2 is 2.00 bits per heavy atom. The zero-order valence-corrected chi connectivity index (χ0v) is 9.43. The van der Waals surface area contributed by atoms with Crippen LogP contribution in [0.15, 0.2) is 29.5 Å². The van der Waals surface area contributed by atoms with E-state index in [0.717, 1.165) is 0 Å². The van der Waals surface area contributed by atoms with Crippen molar-refractivity contribution in [2.45, 2.75) is 0 Å². The fourth-order valence-corrected chi connectivity index (χ4v) is 1.48. The van der Waals surface area contributed by atoms with E-state index in [0.29, 0.717) is 17.1 Å². The molecule has 0 atom stereocenters. The molecular weight excluding hydrogens is 222 g/mol. The number of ether oxygens (including phenoxy) is 2. The van der Waals surface area contributed by atoms with Crippen LogP contribution in [0.25, 0.3) is 11.4 Å². The first-order chi connectivity index (χ1) is 8.27. The summed E-state index contributed by atoms with van der Waals surface area (Å²) in [5.41, 5.74) is 0.469. The zero-order valence-electron chi connectivity index (χ0n) is 9.43. The molecule has 88 valence electrons. The van der Waals surface area contributed by atoms with Gasteiger partial charge in [-0.15, -0.1) is 0 Å². The minimum absolute atomic E-state index is 0.115. The molecular formula is C11H11N3O3. The monoisotopic (exact) mass is 233 g/mol. The summed E-state index contributed by atoms with van der Waals surface area (Å²) in [6, 6.07) is 3.48. The molecule has 0 aromatic carbocycles. The molecule has 17 heavy (non-hydrogen) atoms. The Kier molecular flexibility index (Phi) is 3.04. The molecule has 0 aliphatic rings. The van der Waals surface area contributed by atoms with E-state index in [1.54, 1.807) is 18.3 Å². The van der Waals surface area contributed by atoms with Gasteiger partial charge in [-0.2, -0.15) is 0 Å². The van der Waals surface area contributed by atoms with Crippen LogP contribution in [0.1, 0.15) is 0 Å². The first kappa shape index (κ1) is 11.1. The second-order valence-electron chi connectivity index (χ2n) is 3.17. The van der Waals surface area contributed by atoms with E-state index in [1.807, 2.05) is 0 Å². The summed E-state index contributed by atoms with van der Waals surface area (Å²) in [5, 5.41) is 0. The molecule has 0 aliphatic heterocycles. The smallest absolute Gasteiger partial charge is 0.293 e. The summed E-state index contributed by atoms with van der Waals surface area (Å²) in [4.78, 5) is 22.2. The summed E-state index contributed by atoms with van der Waals surface area (Å²) in [6.45, 7) is 0. The lowest BCUT2D eigenvalue weighted by atomic mass is 10.2. The van der Waals surface area contributed by atoms with E-state index in [2.05, 4.69) is 15.0 Å². The van der Waals surface area contributed by atoms with Gasteiger partial charge in [-0.3, -0.25) is 9.78 Å². The van der Waals surface area contributed by atoms with Crippen molar-refractivity contribution < 1.29 is 9.47 Å². The predicted octanol–water partition coefficient (Wildman–Crippen LogP) is 0.849. The highest BCUT2D eigenvalue weighted by molar-refractivity contribution is 5.67. The molecule has 0 aliphatic carbocycles. The standard InChI is InChI=1S/C11H11N3O3/c1-16-7-4-3-5-12-8(7)9-10(17-2)11(15)14-6-13-9/h3-6H,1-2H3,(H,13,14,15). The summed E-state index contributed by atoms with van der Waals surface area (Å²) in [7, 11) is 2.94. The van der Waals surface area contributed by atoms with Gasteiger partial charge in [-0.25, -0.2) is 4.98 Å². The number of hydrogen-bond acceptors (Lipinski definition) is 5. The fraction of sp³-hybridized carbons (Fsp3) is 0.182. The van der Waals surface area contributed by atoms with Crippen LogP contribution in [0.2, 0.25) is 0 Å². The molecule has 2 heterocycles. The number of nitrogens with one attached hydrogen (secondary N) is 1. The predicted molar refractivity (Wildman–Crippen MR) is 61.2 cm³/mol. The van der Waals surface area contributed by atoms with Crippen molar-refractivity contribution in [1.82, 2.24) is 15.0 Å². The van der Waals surface area contributed by atoms with E-state index in [9.17, 15) is 4.79 Å². The van der Waals surface area contributed by atoms with Crippen LogP contribution in [0, 0.1) is 0 Å². The average molecular weight is 233 g/mol. The van der Waals surface area contributed by atoms with E-state index in [1.165, 1.54) is 20.5 Å². The second-order valence-corrected chi connectivity index (χ2v) is 3.17. The maximum Gasteiger partial charge on any atom is 0.293 e. The molecule has 0 fully saturated rings. The topological polar surface area (TPSA) is 77.1 Å². The van der Waals surface area contributed by atoms with Crippen molar-refractivity contribution in [3.8, 4) is 22.9 Å². The molecule has 2 rings (SSSR count). The summed E-state index contributed by atoms with van der Waals surface area (Å²) >= 11 is 0. The molecule has 0 spiro atoms. The van der Waals surface area contributed by atoms with Gasteiger partial charge in [0.2, 0.25) is 5.75 Å². The number of pyridine rings is 1. The molecule has 2 aromatic rings. The van der Waals surface area contributed by atoms with E-state index < -0.39 is 0 Å². The van der Waals surface area contributed by atoms with Gasteiger partial charge in [-0.1, -0.05) is 0 Å². The maximum atomic E-state index is 11.6. The summed E-state index contributed by atoms with van der Waals surface area (Å²) in [5.74, 6) is 0.647. The largest absolute Gasteiger partial charge is 0.494 e. The molecule has 1 N–H and O–H groups in total. The van der Waals surface area contributed by atoms with Gasteiger partial charge in [0.25, 0.3) is 5.56 Å². The molecule has 6 nitrogen and oxygen atoms in total. The lowest BCUT2D eigenvalue weighted by Gasteiger charge is -2.08. The van der Waals surface area contributed by atoms with Crippen LogP contribution in [-0.4, -0.2) is 29.2 Å². The minimum atomic E-state index is -0.356. The molecule has 0 unspecified atom stereocenters. The third kappa shape index (κ3) is 1.96. The fourth-order valence-electron chi connectivity index (χ4n) is 1.48. The van der Waals surface area contributed by atoms with Crippen molar-refractivity contribution in [1.29, 1.82) is 0 Å². The number of hydrogen-bond donors (Lipinski definition) is 1. The van der Waals surface area contributed by atoms with Crippen LogP contribution in [0.3, 0.4) is 0 Å². The third-order valence-corrected chi connectivity index (χ3v) is 2.23. The summed E-state index contributed by atoms with van der Waals surface area (Å²) in [6.07, 6.45) is 2.90. The van der Waals surface area contributed by atoms with Crippen molar-refractivity contribution in [3.63, 3.8) is 0 Å². The van der Waals surface area contributed by atoms with Gasteiger partial charge in [0, 0.05) is 6.20 Å². The molecule has 0 bridgehead atoms. The van der Waals surface area contributed by atoms with Gasteiger partial charge in [0.05, 0.1) is 20.5 Å². The number of aromatic nitrogens is 3. The highest BCUT2D eigenvalue weighted by Crippen LogP contribution is 2.29. The molecule has 6 heteroatoms. The van der Waals surface area contributed by atoms with E-state index >= 15 is 0 Å². The molecule has 0 saturated heterocycles. The molecule has 2 aromatic heterocycles. The maximum absolute atomic E-state index is 11.6. The Hall–Kier alpha value is -2.37.